The van der Waals surface area contributed by atoms with E-state index in [9.17, 15) is 5.11 Å². The Morgan fingerprint density at radius 2 is 1.86 bits per heavy atom. The molecule has 1 N–H and O–H groups in total. The number of hydrogen-bond donors (Lipinski definition) is 1. The van der Waals surface area contributed by atoms with Crippen molar-refractivity contribution >= 4 is 11.0 Å². The van der Waals surface area contributed by atoms with Gasteiger partial charge in [-0.25, -0.2) is 0 Å². The number of furan rings is 1. The smallest absolute Gasteiger partial charge is 0.134 e. The number of piperidine rings is 1. The van der Waals surface area contributed by atoms with E-state index < -0.39 is 5.60 Å². The van der Waals surface area contributed by atoms with Crippen LogP contribution in [0, 0.1) is 11.8 Å². The molecule has 1 saturated heterocycles. The summed E-state index contributed by atoms with van der Waals surface area (Å²) in [6.07, 6.45) is 6.04. The Kier molecular flexibility index (Phi) is 4.48. The van der Waals surface area contributed by atoms with Gasteiger partial charge in [-0.15, -0.1) is 0 Å². The predicted molar refractivity (Wildman–Crippen MR) is 110 cm³/mol. The number of para-hydroxylation sites is 1. The largest absolute Gasteiger partial charge is 0.461 e. The van der Waals surface area contributed by atoms with Crippen molar-refractivity contribution in [3.8, 4) is 0 Å². The lowest BCUT2D eigenvalue weighted by Gasteiger charge is -2.52. The zero-order valence-electron chi connectivity index (χ0n) is 16.5. The van der Waals surface area contributed by atoms with Crippen molar-refractivity contribution in [2.24, 2.45) is 11.8 Å². The minimum atomic E-state index is -0.790. The number of aryl methyl sites for hydroxylation is 1. The summed E-state index contributed by atoms with van der Waals surface area (Å²) in [5.74, 6) is 1.56. The highest BCUT2D eigenvalue weighted by Gasteiger charge is 2.52. The number of rotatable bonds is 4. The van der Waals surface area contributed by atoms with Crippen molar-refractivity contribution in [3.05, 3.63) is 65.7 Å². The Morgan fingerprint density at radius 3 is 2.57 bits per heavy atom. The van der Waals surface area contributed by atoms with E-state index in [0.717, 1.165) is 55.9 Å². The second-order valence-corrected chi connectivity index (χ2v) is 8.41. The van der Waals surface area contributed by atoms with Crippen LogP contribution in [0.4, 0.5) is 0 Å². The summed E-state index contributed by atoms with van der Waals surface area (Å²) in [4.78, 5) is 7.07. The first-order valence-electron chi connectivity index (χ1n) is 10.6. The molecular weight excluding hydrogens is 348 g/mol. The Labute approximate surface area is 166 Å². The number of likely N-dealkylation sites (tertiary alicyclic amines) is 1. The molecule has 3 heterocycles. The maximum absolute atomic E-state index is 11.7. The fourth-order valence-corrected chi connectivity index (χ4v) is 5.52. The van der Waals surface area contributed by atoms with E-state index >= 15 is 0 Å². The quantitative estimate of drug-likeness (QED) is 0.728. The van der Waals surface area contributed by atoms with Gasteiger partial charge < -0.3 is 9.52 Å². The van der Waals surface area contributed by atoms with E-state index in [1.165, 1.54) is 17.4 Å². The minimum Gasteiger partial charge on any atom is -0.461 e. The lowest BCUT2D eigenvalue weighted by molar-refractivity contribution is -0.151. The molecule has 1 saturated carbocycles. The van der Waals surface area contributed by atoms with Crippen LogP contribution in [0.2, 0.25) is 0 Å². The van der Waals surface area contributed by atoms with Gasteiger partial charge in [0, 0.05) is 55.0 Å². The number of hydrogen-bond acceptors (Lipinski definition) is 4. The molecule has 3 atom stereocenters. The van der Waals surface area contributed by atoms with Crippen LogP contribution < -0.4 is 0 Å². The zero-order valence-corrected chi connectivity index (χ0v) is 16.5. The topological polar surface area (TPSA) is 49.5 Å². The molecule has 2 fully saturated rings. The fraction of sp³-hybridized carbons (Fsp3) is 0.458. The maximum Gasteiger partial charge on any atom is 0.134 e. The molecule has 0 spiro atoms. The summed E-state index contributed by atoms with van der Waals surface area (Å²) < 4.78 is 6.11. The molecule has 1 aromatic carbocycles. The normalized spacial score (nSPS) is 27.9. The molecule has 146 valence electrons. The molecule has 1 aliphatic heterocycles. The molecule has 2 aromatic heterocycles. The Hall–Kier alpha value is -2.17. The molecule has 2 aliphatic rings. The molecule has 5 rings (SSSR count). The second-order valence-electron chi connectivity index (χ2n) is 8.41. The SMILES string of the molecule is CCc1oc2ccccc2c1CN1C[C@H]2CCC[C@@H](C1)C2(O)c1ccccn1. The fourth-order valence-electron chi connectivity index (χ4n) is 5.52. The van der Waals surface area contributed by atoms with Crippen LogP contribution in [0.3, 0.4) is 0 Å². The third-order valence-electron chi connectivity index (χ3n) is 6.87. The van der Waals surface area contributed by atoms with Crippen LogP contribution >= 0.6 is 0 Å². The molecule has 1 unspecified atom stereocenters. The first-order valence-corrected chi connectivity index (χ1v) is 10.6. The van der Waals surface area contributed by atoms with Crippen molar-refractivity contribution in [1.29, 1.82) is 0 Å². The monoisotopic (exact) mass is 376 g/mol. The third-order valence-corrected chi connectivity index (χ3v) is 6.87. The van der Waals surface area contributed by atoms with Gasteiger partial charge in [0.2, 0.25) is 0 Å². The van der Waals surface area contributed by atoms with E-state index in [2.05, 4.69) is 35.0 Å². The Bertz CT molecular complexity index is 951. The summed E-state index contributed by atoms with van der Waals surface area (Å²) in [5, 5.41) is 13.0. The van der Waals surface area contributed by atoms with Gasteiger partial charge in [0.05, 0.1) is 5.69 Å². The highest BCUT2D eigenvalue weighted by Crippen LogP contribution is 2.49. The van der Waals surface area contributed by atoms with Crippen LogP contribution in [0.15, 0.2) is 53.1 Å². The van der Waals surface area contributed by atoms with Gasteiger partial charge in [-0.05, 0) is 31.0 Å². The summed E-state index contributed by atoms with van der Waals surface area (Å²) >= 11 is 0. The number of nitrogens with zero attached hydrogens (tertiary/aromatic N) is 2. The highest BCUT2D eigenvalue weighted by molar-refractivity contribution is 5.82. The highest BCUT2D eigenvalue weighted by atomic mass is 16.3. The van der Waals surface area contributed by atoms with Crippen molar-refractivity contribution < 1.29 is 9.52 Å². The van der Waals surface area contributed by atoms with E-state index in [1.807, 2.05) is 24.3 Å². The standard InChI is InChI=1S/C24H28N2O2/c1-2-21-20(19-10-3-4-11-22(19)28-21)16-26-14-17-8-7-9-18(15-26)24(17,27)23-12-5-6-13-25-23/h3-6,10-13,17-18,27H,2,7-9,14-16H2,1H3/t17-,18+,24?. The third kappa shape index (κ3) is 2.78. The molecule has 1 aliphatic carbocycles. The van der Waals surface area contributed by atoms with E-state index in [1.54, 1.807) is 6.20 Å². The number of pyridine rings is 1. The van der Waals surface area contributed by atoms with Gasteiger partial charge in [0.15, 0.2) is 0 Å². The van der Waals surface area contributed by atoms with E-state index in [4.69, 9.17) is 4.42 Å². The van der Waals surface area contributed by atoms with Gasteiger partial charge >= 0.3 is 0 Å². The Morgan fingerprint density at radius 1 is 1.11 bits per heavy atom. The van der Waals surface area contributed by atoms with Gasteiger partial charge in [-0.1, -0.05) is 37.6 Å². The summed E-state index contributed by atoms with van der Waals surface area (Å²) in [5.41, 5.74) is 2.37. The molecule has 3 aromatic rings. The summed E-state index contributed by atoms with van der Waals surface area (Å²) in [6, 6.07) is 14.3. The molecule has 4 nitrogen and oxygen atoms in total. The maximum atomic E-state index is 11.7. The summed E-state index contributed by atoms with van der Waals surface area (Å²) in [6.45, 7) is 4.87. The number of benzene rings is 1. The van der Waals surface area contributed by atoms with E-state index in [-0.39, 0.29) is 11.8 Å². The number of aromatic nitrogens is 1. The molecule has 0 amide bonds. The van der Waals surface area contributed by atoms with Gasteiger partial charge in [-0.3, -0.25) is 9.88 Å². The van der Waals surface area contributed by atoms with Crippen LogP contribution in [0.1, 0.15) is 43.2 Å². The predicted octanol–water partition coefficient (Wildman–Crippen LogP) is 4.51. The Balaban J connectivity index is 1.45. The minimum absolute atomic E-state index is 0.234. The van der Waals surface area contributed by atoms with Crippen molar-refractivity contribution in [2.45, 2.75) is 44.8 Å². The average molecular weight is 376 g/mol. The van der Waals surface area contributed by atoms with Crippen molar-refractivity contribution in [2.75, 3.05) is 13.1 Å². The average Bonchev–Trinajstić information content (AvgIpc) is 3.07. The van der Waals surface area contributed by atoms with E-state index in [0.29, 0.717) is 0 Å². The van der Waals surface area contributed by atoms with Crippen LogP contribution in [0.25, 0.3) is 11.0 Å². The van der Waals surface area contributed by atoms with Crippen LogP contribution in [-0.2, 0) is 18.6 Å². The molecule has 0 radical (unpaired) electrons. The lowest BCUT2D eigenvalue weighted by Crippen LogP contribution is -2.58. The molecular formula is C24H28N2O2. The zero-order chi connectivity index (χ0) is 19.1. The summed E-state index contributed by atoms with van der Waals surface area (Å²) in [7, 11) is 0. The van der Waals surface area contributed by atoms with Crippen LogP contribution in [-0.4, -0.2) is 28.1 Å². The van der Waals surface area contributed by atoms with Gasteiger partial charge in [0.1, 0.15) is 16.9 Å². The van der Waals surface area contributed by atoms with Crippen LogP contribution in [0.5, 0.6) is 0 Å². The molecule has 28 heavy (non-hydrogen) atoms. The van der Waals surface area contributed by atoms with Gasteiger partial charge in [0.25, 0.3) is 0 Å². The number of aliphatic hydroxyl groups is 1. The second kappa shape index (κ2) is 7.02. The first kappa shape index (κ1) is 17.9. The lowest BCUT2D eigenvalue weighted by atomic mass is 9.64. The first-order chi connectivity index (χ1) is 13.7. The van der Waals surface area contributed by atoms with Crippen molar-refractivity contribution in [3.63, 3.8) is 0 Å². The number of fused-ring (bicyclic) bond motifs is 3. The van der Waals surface area contributed by atoms with Crippen molar-refractivity contribution in [1.82, 2.24) is 9.88 Å². The molecule has 2 bridgehead atoms. The van der Waals surface area contributed by atoms with Gasteiger partial charge in [-0.2, -0.15) is 0 Å². The molecule has 4 heteroatoms.